The third kappa shape index (κ3) is 2.48. The van der Waals surface area contributed by atoms with Crippen LogP contribution in [0.25, 0.3) is 0 Å². The summed E-state index contributed by atoms with van der Waals surface area (Å²) in [6.45, 7) is -0.258. The SMILES string of the molecule is O=[N+]([O-])c1ccc(F)cc1Cn1cc(CO)nn1. The fourth-order valence-electron chi connectivity index (χ4n) is 1.52. The average molecular weight is 252 g/mol. The molecular formula is C10H9FN4O3. The van der Waals surface area contributed by atoms with Crippen molar-refractivity contribution in [3.63, 3.8) is 0 Å². The first-order valence-corrected chi connectivity index (χ1v) is 5.03. The molecule has 0 radical (unpaired) electrons. The Kier molecular flexibility index (Phi) is 3.28. The largest absolute Gasteiger partial charge is 0.390 e. The highest BCUT2D eigenvalue weighted by atomic mass is 19.1. The Bertz CT molecular complexity index is 584. The number of aliphatic hydroxyl groups is 1. The van der Waals surface area contributed by atoms with Gasteiger partial charge < -0.3 is 5.11 Å². The van der Waals surface area contributed by atoms with Crippen LogP contribution in [0, 0.1) is 15.9 Å². The quantitative estimate of drug-likeness (QED) is 0.643. The van der Waals surface area contributed by atoms with Crippen molar-refractivity contribution in [3.8, 4) is 0 Å². The van der Waals surface area contributed by atoms with E-state index in [1.165, 1.54) is 10.9 Å². The van der Waals surface area contributed by atoms with E-state index in [1.807, 2.05) is 0 Å². The van der Waals surface area contributed by atoms with Crippen molar-refractivity contribution in [1.82, 2.24) is 15.0 Å². The lowest BCUT2D eigenvalue weighted by Gasteiger charge is -2.02. The fraction of sp³-hybridized carbons (Fsp3) is 0.200. The third-order valence-corrected chi connectivity index (χ3v) is 2.32. The lowest BCUT2D eigenvalue weighted by atomic mass is 10.2. The molecule has 0 unspecified atom stereocenters. The van der Waals surface area contributed by atoms with Gasteiger partial charge in [-0.2, -0.15) is 0 Å². The second-order valence-electron chi connectivity index (χ2n) is 3.60. The van der Waals surface area contributed by atoms with Gasteiger partial charge in [0.2, 0.25) is 0 Å². The van der Waals surface area contributed by atoms with E-state index in [0.29, 0.717) is 5.69 Å². The maximum atomic E-state index is 13.1. The standard InChI is InChI=1S/C10H9FN4O3/c11-8-1-2-10(15(17)18)7(3-8)4-14-5-9(6-16)12-13-14/h1-3,5,16H,4,6H2. The topological polar surface area (TPSA) is 94.1 Å². The molecule has 0 fully saturated rings. The number of rotatable bonds is 4. The Balaban J connectivity index is 2.32. The molecule has 0 saturated heterocycles. The number of benzene rings is 1. The molecule has 0 amide bonds. The van der Waals surface area contributed by atoms with E-state index in [2.05, 4.69) is 10.3 Å². The monoisotopic (exact) mass is 252 g/mol. The smallest absolute Gasteiger partial charge is 0.274 e. The highest BCUT2D eigenvalue weighted by molar-refractivity contribution is 5.40. The lowest BCUT2D eigenvalue weighted by Crippen LogP contribution is -2.04. The number of halogens is 1. The van der Waals surface area contributed by atoms with Gasteiger partial charge in [-0.1, -0.05) is 5.21 Å². The Morgan fingerprint density at radius 2 is 2.28 bits per heavy atom. The van der Waals surface area contributed by atoms with E-state index in [-0.39, 0.29) is 24.4 Å². The Morgan fingerprint density at radius 3 is 2.89 bits per heavy atom. The average Bonchev–Trinajstić information content (AvgIpc) is 2.76. The number of nitro benzene ring substituents is 1. The summed E-state index contributed by atoms with van der Waals surface area (Å²) in [5.74, 6) is -0.557. The van der Waals surface area contributed by atoms with Crippen molar-refractivity contribution in [3.05, 3.63) is 51.6 Å². The maximum absolute atomic E-state index is 13.1. The molecule has 0 saturated carbocycles. The molecule has 0 aliphatic heterocycles. The first-order valence-electron chi connectivity index (χ1n) is 5.03. The van der Waals surface area contributed by atoms with Gasteiger partial charge in [0, 0.05) is 6.07 Å². The van der Waals surface area contributed by atoms with Crippen molar-refractivity contribution in [2.45, 2.75) is 13.2 Å². The molecule has 0 aliphatic rings. The van der Waals surface area contributed by atoms with Crippen LogP contribution in [0.5, 0.6) is 0 Å². The first-order chi connectivity index (χ1) is 8.60. The molecule has 8 heteroatoms. The van der Waals surface area contributed by atoms with Gasteiger partial charge in [0.1, 0.15) is 11.5 Å². The molecule has 18 heavy (non-hydrogen) atoms. The molecule has 1 aromatic heterocycles. The van der Waals surface area contributed by atoms with Gasteiger partial charge in [0.05, 0.1) is 29.8 Å². The van der Waals surface area contributed by atoms with Gasteiger partial charge in [-0.05, 0) is 12.1 Å². The number of hydrogen-bond donors (Lipinski definition) is 1. The molecule has 1 N–H and O–H groups in total. The van der Waals surface area contributed by atoms with Crippen LogP contribution in [0.1, 0.15) is 11.3 Å². The number of nitro groups is 1. The molecule has 2 aromatic rings. The molecule has 1 heterocycles. The lowest BCUT2D eigenvalue weighted by molar-refractivity contribution is -0.385. The van der Waals surface area contributed by atoms with Crippen LogP contribution in [0.4, 0.5) is 10.1 Å². The number of hydrogen-bond acceptors (Lipinski definition) is 5. The molecule has 0 bridgehead atoms. The van der Waals surface area contributed by atoms with Crippen LogP contribution >= 0.6 is 0 Å². The Labute approximate surface area is 101 Å². The molecule has 0 aliphatic carbocycles. The molecule has 2 rings (SSSR count). The molecule has 94 valence electrons. The van der Waals surface area contributed by atoms with Crippen molar-refractivity contribution in [1.29, 1.82) is 0 Å². The minimum atomic E-state index is -0.585. The molecule has 0 atom stereocenters. The number of nitrogens with zero attached hydrogens (tertiary/aromatic N) is 4. The van der Waals surface area contributed by atoms with Gasteiger partial charge >= 0.3 is 0 Å². The van der Waals surface area contributed by atoms with Crippen molar-refractivity contribution in [2.24, 2.45) is 0 Å². The molecule has 1 aromatic carbocycles. The van der Waals surface area contributed by atoms with E-state index < -0.39 is 10.7 Å². The summed E-state index contributed by atoms with van der Waals surface area (Å²) in [5, 5.41) is 26.9. The second-order valence-corrected chi connectivity index (χ2v) is 3.60. The van der Waals surface area contributed by atoms with Crippen LogP contribution in [0.3, 0.4) is 0 Å². The minimum absolute atomic E-state index is 0.0150. The summed E-state index contributed by atoms with van der Waals surface area (Å²) in [6, 6.07) is 3.22. The van der Waals surface area contributed by atoms with E-state index in [4.69, 9.17) is 5.11 Å². The zero-order chi connectivity index (χ0) is 13.1. The molecule has 0 spiro atoms. The van der Waals surface area contributed by atoms with E-state index in [0.717, 1.165) is 18.2 Å². The van der Waals surface area contributed by atoms with Crippen LogP contribution in [-0.4, -0.2) is 25.0 Å². The van der Waals surface area contributed by atoms with E-state index in [1.54, 1.807) is 0 Å². The van der Waals surface area contributed by atoms with Gasteiger partial charge in [-0.25, -0.2) is 9.07 Å². The minimum Gasteiger partial charge on any atom is -0.390 e. The van der Waals surface area contributed by atoms with Crippen LogP contribution in [0.15, 0.2) is 24.4 Å². The zero-order valence-corrected chi connectivity index (χ0v) is 9.15. The summed E-state index contributed by atoms with van der Waals surface area (Å²) < 4.78 is 14.4. The Hall–Kier alpha value is -2.35. The van der Waals surface area contributed by atoms with Gasteiger partial charge in [0.25, 0.3) is 5.69 Å². The zero-order valence-electron chi connectivity index (χ0n) is 9.15. The van der Waals surface area contributed by atoms with Crippen LogP contribution in [-0.2, 0) is 13.2 Å². The number of aliphatic hydroxyl groups excluding tert-OH is 1. The third-order valence-electron chi connectivity index (χ3n) is 2.32. The first kappa shape index (κ1) is 12.1. The van der Waals surface area contributed by atoms with Crippen molar-refractivity contribution < 1.29 is 14.4 Å². The van der Waals surface area contributed by atoms with Crippen LogP contribution < -0.4 is 0 Å². The van der Waals surface area contributed by atoms with Gasteiger partial charge in [0.15, 0.2) is 0 Å². The van der Waals surface area contributed by atoms with Crippen LogP contribution in [0.2, 0.25) is 0 Å². The van der Waals surface area contributed by atoms with E-state index >= 15 is 0 Å². The van der Waals surface area contributed by atoms with Crippen molar-refractivity contribution in [2.75, 3.05) is 0 Å². The highest BCUT2D eigenvalue weighted by Crippen LogP contribution is 2.20. The summed E-state index contributed by atoms with van der Waals surface area (Å²) in [6.07, 6.45) is 1.44. The summed E-state index contributed by atoms with van der Waals surface area (Å²) in [4.78, 5) is 10.2. The predicted molar refractivity (Wildman–Crippen MR) is 58.1 cm³/mol. The Morgan fingerprint density at radius 1 is 1.50 bits per heavy atom. The molecule has 7 nitrogen and oxygen atoms in total. The highest BCUT2D eigenvalue weighted by Gasteiger charge is 2.15. The van der Waals surface area contributed by atoms with Gasteiger partial charge in [-0.3, -0.25) is 10.1 Å². The van der Waals surface area contributed by atoms with E-state index in [9.17, 15) is 14.5 Å². The molecular weight excluding hydrogens is 243 g/mol. The summed E-state index contributed by atoms with van der Waals surface area (Å²) >= 11 is 0. The normalized spacial score (nSPS) is 10.6. The number of aromatic nitrogens is 3. The summed E-state index contributed by atoms with van der Waals surface area (Å²) in [5.41, 5.74) is 0.348. The second kappa shape index (κ2) is 4.88. The predicted octanol–water partition coefficient (Wildman–Crippen LogP) is 0.866. The van der Waals surface area contributed by atoms with Crippen molar-refractivity contribution >= 4 is 5.69 Å². The summed E-state index contributed by atoms with van der Waals surface area (Å²) in [7, 11) is 0. The fourth-order valence-corrected chi connectivity index (χ4v) is 1.52. The van der Waals surface area contributed by atoms with Gasteiger partial charge in [-0.15, -0.1) is 5.10 Å². The maximum Gasteiger partial charge on any atom is 0.274 e.